The van der Waals surface area contributed by atoms with E-state index in [0.717, 1.165) is 12.1 Å². The van der Waals surface area contributed by atoms with Crippen LogP contribution in [0.2, 0.25) is 5.02 Å². The Morgan fingerprint density at radius 2 is 2.00 bits per heavy atom. The van der Waals surface area contributed by atoms with Gasteiger partial charge in [0.2, 0.25) is 0 Å². The fourth-order valence-corrected chi connectivity index (χ4v) is 4.18. The van der Waals surface area contributed by atoms with Crippen LogP contribution in [0, 0.1) is 0 Å². The molecule has 1 saturated heterocycles. The minimum atomic E-state index is -4.54. The number of halogens is 4. The molecular formula is C22H26ClF3N4O4. The Morgan fingerprint density at radius 3 is 2.56 bits per heavy atom. The third kappa shape index (κ3) is 5.15. The Labute approximate surface area is 199 Å². The van der Waals surface area contributed by atoms with E-state index in [1.807, 2.05) is 6.92 Å². The number of carbonyl (C=O) groups excluding carboxylic acids is 1. The van der Waals surface area contributed by atoms with Gasteiger partial charge in [0, 0.05) is 25.8 Å². The van der Waals surface area contributed by atoms with Crippen LogP contribution in [0.5, 0.6) is 0 Å². The molecule has 1 amide bonds. The van der Waals surface area contributed by atoms with Gasteiger partial charge in [0.05, 0.1) is 42.1 Å². The van der Waals surface area contributed by atoms with Gasteiger partial charge in [-0.05, 0) is 31.5 Å². The first-order chi connectivity index (χ1) is 16.0. The molecule has 0 aliphatic carbocycles. The zero-order chi connectivity index (χ0) is 25.2. The lowest BCUT2D eigenvalue weighted by Crippen LogP contribution is -2.38. The number of nitrogens with zero attached hydrogens (tertiary/aromatic N) is 3. The molecule has 34 heavy (non-hydrogen) atoms. The van der Waals surface area contributed by atoms with Crippen molar-refractivity contribution < 1.29 is 27.4 Å². The van der Waals surface area contributed by atoms with Crippen LogP contribution in [0.15, 0.2) is 23.0 Å². The topological polar surface area (TPSA) is 85.7 Å². The number of anilines is 1. The summed E-state index contributed by atoms with van der Waals surface area (Å²) in [5.41, 5.74) is -0.456. The molecule has 0 saturated carbocycles. The van der Waals surface area contributed by atoms with Gasteiger partial charge in [-0.3, -0.25) is 9.36 Å². The van der Waals surface area contributed by atoms with Gasteiger partial charge in [-0.2, -0.15) is 13.2 Å². The number of aromatic nitrogens is 2. The lowest BCUT2D eigenvalue weighted by atomic mass is 10.1. The molecule has 12 heteroatoms. The van der Waals surface area contributed by atoms with Crippen molar-refractivity contribution in [2.45, 2.75) is 38.6 Å². The number of ether oxygens (including phenoxy) is 2. The first-order valence-electron chi connectivity index (χ1n) is 10.7. The second-order valence-corrected chi connectivity index (χ2v) is 8.19. The van der Waals surface area contributed by atoms with E-state index >= 15 is 0 Å². The van der Waals surface area contributed by atoms with Crippen LogP contribution < -0.4 is 10.9 Å². The van der Waals surface area contributed by atoms with Crippen molar-refractivity contribution in [3.63, 3.8) is 0 Å². The smallest absolute Gasteiger partial charge is 0.416 e. The summed E-state index contributed by atoms with van der Waals surface area (Å²) in [5.74, 6) is 0.148. The van der Waals surface area contributed by atoms with E-state index < -0.39 is 23.4 Å². The molecule has 1 fully saturated rings. The molecular weight excluding hydrogens is 477 g/mol. The molecule has 186 valence electrons. The number of amides is 1. The molecule has 2 aromatic rings. The average molecular weight is 503 g/mol. The Kier molecular flexibility index (Phi) is 7.77. The molecule has 1 aromatic carbocycles. The van der Waals surface area contributed by atoms with Crippen LogP contribution in [0.4, 0.5) is 23.7 Å². The normalized spacial score (nSPS) is 18.3. The van der Waals surface area contributed by atoms with Gasteiger partial charge in [0.25, 0.3) is 5.56 Å². The maximum atomic E-state index is 13.3. The lowest BCUT2D eigenvalue weighted by Gasteiger charge is -2.22. The third-order valence-electron chi connectivity index (χ3n) is 5.65. The number of carbonyl (C=O) groups is 1. The Bertz CT molecular complexity index is 1120. The van der Waals surface area contributed by atoms with Crippen molar-refractivity contribution in [3.05, 3.63) is 44.8 Å². The Hall–Kier alpha value is -2.79. The third-order valence-corrected chi connectivity index (χ3v) is 5.96. The van der Waals surface area contributed by atoms with Gasteiger partial charge >= 0.3 is 12.3 Å². The number of hydrogen-bond acceptors (Lipinski definition) is 6. The second-order valence-electron chi connectivity index (χ2n) is 7.79. The molecule has 1 aliphatic rings. The molecule has 2 unspecified atom stereocenters. The molecule has 0 spiro atoms. The summed E-state index contributed by atoms with van der Waals surface area (Å²) < 4.78 is 50.8. The number of benzene rings is 1. The fourth-order valence-electron chi connectivity index (χ4n) is 3.92. The van der Waals surface area contributed by atoms with E-state index in [2.05, 4.69) is 10.3 Å². The highest BCUT2D eigenvalue weighted by atomic mass is 35.5. The SMILES string of the molecule is CCOC1CN(C(=O)OC)CC1Nc1c(CC)nc(-c2ccc(C(F)(F)F)cc2Cl)n(C)c1=O. The summed E-state index contributed by atoms with van der Waals surface area (Å²) in [6.45, 7) is 4.61. The first-order valence-corrected chi connectivity index (χ1v) is 11.1. The maximum absolute atomic E-state index is 13.3. The zero-order valence-corrected chi connectivity index (χ0v) is 20.0. The Balaban J connectivity index is 2.00. The number of hydrogen-bond donors (Lipinski definition) is 1. The summed E-state index contributed by atoms with van der Waals surface area (Å²) in [6, 6.07) is 2.53. The predicted molar refractivity (Wildman–Crippen MR) is 121 cm³/mol. The van der Waals surface area contributed by atoms with E-state index in [-0.39, 0.29) is 40.8 Å². The number of alkyl halides is 3. The molecule has 1 aliphatic heterocycles. The van der Waals surface area contributed by atoms with Crippen molar-refractivity contribution >= 4 is 23.4 Å². The molecule has 2 heterocycles. The number of likely N-dealkylation sites (tertiary alicyclic amines) is 1. The van der Waals surface area contributed by atoms with E-state index in [4.69, 9.17) is 21.1 Å². The minimum absolute atomic E-state index is 0.148. The number of aryl methyl sites for hydroxylation is 1. The van der Waals surface area contributed by atoms with Crippen molar-refractivity contribution in [1.82, 2.24) is 14.5 Å². The molecule has 1 aromatic heterocycles. The van der Waals surface area contributed by atoms with Gasteiger partial charge in [-0.25, -0.2) is 9.78 Å². The quantitative estimate of drug-likeness (QED) is 0.644. The first kappa shape index (κ1) is 25.8. The van der Waals surface area contributed by atoms with Crippen LogP contribution in [0.1, 0.15) is 25.1 Å². The lowest BCUT2D eigenvalue weighted by molar-refractivity contribution is -0.137. The largest absolute Gasteiger partial charge is 0.453 e. The molecule has 0 bridgehead atoms. The van der Waals surface area contributed by atoms with Gasteiger partial charge < -0.3 is 19.7 Å². The van der Waals surface area contributed by atoms with Gasteiger partial charge in [-0.15, -0.1) is 0 Å². The van der Waals surface area contributed by atoms with Crippen LogP contribution >= 0.6 is 11.6 Å². The summed E-state index contributed by atoms with van der Waals surface area (Å²) in [6.07, 6.45) is -5.04. The maximum Gasteiger partial charge on any atom is 0.416 e. The van der Waals surface area contributed by atoms with Crippen molar-refractivity contribution in [3.8, 4) is 11.4 Å². The summed E-state index contributed by atoms with van der Waals surface area (Å²) in [5, 5.41) is 3.02. The van der Waals surface area contributed by atoms with Gasteiger partial charge in [0.15, 0.2) is 0 Å². The predicted octanol–water partition coefficient (Wildman–Crippen LogP) is 3.95. The summed E-state index contributed by atoms with van der Waals surface area (Å²) in [7, 11) is 2.76. The number of rotatable bonds is 6. The highest BCUT2D eigenvalue weighted by Crippen LogP contribution is 2.35. The van der Waals surface area contributed by atoms with Crippen molar-refractivity contribution in [2.75, 3.05) is 32.1 Å². The standard InChI is InChI=1S/C22H26ClF3N4O4/c1-5-15-18(27-16-10-30(21(32)33-4)11-17(16)34-6-2)20(31)29(3)19(28-15)13-8-7-12(9-14(13)23)22(24,25)26/h7-9,16-17,27H,5-6,10-11H2,1-4H3. The molecule has 3 rings (SSSR count). The molecule has 1 N–H and O–H groups in total. The second kappa shape index (κ2) is 10.2. The summed E-state index contributed by atoms with van der Waals surface area (Å²) in [4.78, 5) is 31.3. The molecule has 0 radical (unpaired) electrons. The minimum Gasteiger partial charge on any atom is -0.453 e. The van der Waals surface area contributed by atoms with Crippen LogP contribution in [0.25, 0.3) is 11.4 Å². The van der Waals surface area contributed by atoms with E-state index in [1.165, 1.54) is 29.7 Å². The van der Waals surface area contributed by atoms with Crippen LogP contribution in [0.3, 0.4) is 0 Å². The van der Waals surface area contributed by atoms with Crippen LogP contribution in [-0.4, -0.2) is 59.5 Å². The average Bonchev–Trinajstić information content (AvgIpc) is 3.19. The van der Waals surface area contributed by atoms with Crippen molar-refractivity contribution in [2.24, 2.45) is 7.05 Å². The van der Waals surface area contributed by atoms with E-state index in [1.54, 1.807) is 6.92 Å². The van der Waals surface area contributed by atoms with Crippen molar-refractivity contribution in [1.29, 1.82) is 0 Å². The molecule has 8 nitrogen and oxygen atoms in total. The monoisotopic (exact) mass is 502 g/mol. The molecule has 2 atom stereocenters. The fraction of sp³-hybridized carbons (Fsp3) is 0.500. The Morgan fingerprint density at radius 1 is 1.29 bits per heavy atom. The van der Waals surface area contributed by atoms with E-state index in [0.29, 0.717) is 25.3 Å². The highest BCUT2D eigenvalue weighted by Gasteiger charge is 2.37. The number of nitrogens with one attached hydrogen (secondary N) is 1. The van der Waals surface area contributed by atoms with Gasteiger partial charge in [-0.1, -0.05) is 18.5 Å². The van der Waals surface area contributed by atoms with Crippen LogP contribution in [-0.2, 0) is 29.1 Å². The number of methoxy groups -OCH3 is 1. The van der Waals surface area contributed by atoms with Gasteiger partial charge in [0.1, 0.15) is 11.5 Å². The summed E-state index contributed by atoms with van der Waals surface area (Å²) >= 11 is 6.14. The highest BCUT2D eigenvalue weighted by molar-refractivity contribution is 6.33. The van der Waals surface area contributed by atoms with E-state index in [9.17, 15) is 22.8 Å². The zero-order valence-electron chi connectivity index (χ0n) is 19.2.